The lowest BCUT2D eigenvalue weighted by Crippen LogP contribution is -2.44. The standard InChI is InChI=1S/C4H9NO3S/c5-3-1-4(2-3)9(6,7)8/h3-4H,1-2,5H2,(H,6,7,8). The number of hydrogen-bond acceptors (Lipinski definition) is 3. The second kappa shape index (κ2) is 1.93. The van der Waals surface area contributed by atoms with Crippen molar-refractivity contribution in [2.24, 2.45) is 5.73 Å². The highest BCUT2D eigenvalue weighted by molar-refractivity contribution is 7.86. The first-order valence-electron chi connectivity index (χ1n) is 2.72. The molecule has 5 heteroatoms. The minimum atomic E-state index is -3.78. The predicted molar refractivity (Wildman–Crippen MR) is 32.5 cm³/mol. The lowest BCUT2D eigenvalue weighted by molar-refractivity contribution is 0.373. The molecule has 0 aromatic heterocycles. The van der Waals surface area contributed by atoms with Crippen molar-refractivity contribution in [3.05, 3.63) is 0 Å². The molecule has 0 spiro atoms. The molecule has 1 saturated carbocycles. The Morgan fingerprint density at radius 1 is 1.44 bits per heavy atom. The fourth-order valence-corrected chi connectivity index (χ4v) is 1.83. The molecule has 1 aliphatic carbocycles. The molecule has 0 unspecified atom stereocenters. The lowest BCUT2D eigenvalue weighted by Gasteiger charge is -2.29. The van der Waals surface area contributed by atoms with E-state index in [1.807, 2.05) is 0 Å². The summed E-state index contributed by atoms with van der Waals surface area (Å²) in [7, 11) is -3.78. The number of hydrogen-bond donors (Lipinski definition) is 2. The molecule has 0 saturated heterocycles. The third-order valence-electron chi connectivity index (χ3n) is 1.55. The minimum absolute atomic E-state index is 0.0306. The summed E-state index contributed by atoms with van der Waals surface area (Å²) >= 11 is 0. The zero-order valence-electron chi connectivity index (χ0n) is 4.82. The van der Waals surface area contributed by atoms with Gasteiger partial charge in [-0.25, -0.2) is 0 Å². The Morgan fingerprint density at radius 2 is 1.89 bits per heavy atom. The van der Waals surface area contributed by atoms with Crippen molar-refractivity contribution in [1.29, 1.82) is 0 Å². The normalized spacial score (nSPS) is 35.8. The molecule has 9 heavy (non-hydrogen) atoms. The lowest BCUT2D eigenvalue weighted by atomic mass is 9.94. The van der Waals surface area contributed by atoms with E-state index in [-0.39, 0.29) is 6.04 Å². The summed E-state index contributed by atoms with van der Waals surface area (Å²) in [5.41, 5.74) is 5.29. The van der Waals surface area contributed by atoms with Crippen molar-refractivity contribution in [1.82, 2.24) is 0 Å². The first kappa shape index (κ1) is 6.98. The summed E-state index contributed by atoms with van der Waals surface area (Å²) in [5, 5.41) is -0.590. The van der Waals surface area contributed by atoms with Gasteiger partial charge in [-0.05, 0) is 12.8 Å². The maximum atomic E-state index is 10.3. The molecule has 0 heterocycles. The largest absolute Gasteiger partial charge is 0.328 e. The second-order valence-electron chi connectivity index (χ2n) is 2.37. The van der Waals surface area contributed by atoms with Gasteiger partial charge in [-0.15, -0.1) is 0 Å². The molecular weight excluding hydrogens is 142 g/mol. The van der Waals surface area contributed by atoms with Crippen molar-refractivity contribution in [2.45, 2.75) is 24.1 Å². The summed E-state index contributed by atoms with van der Waals surface area (Å²) in [5.74, 6) is 0. The van der Waals surface area contributed by atoms with Gasteiger partial charge in [0.1, 0.15) is 0 Å². The molecule has 3 N–H and O–H groups in total. The molecule has 0 atom stereocenters. The van der Waals surface area contributed by atoms with Crippen LogP contribution in [0.3, 0.4) is 0 Å². The average Bonchev–Trinajstić information content (AvgIpc) is 1.55. The number of rotatable bonds is 1. The Labute approximate surface area is 53.8 Å². The Morgan fingerprint density at radius 3 is 2.00 bits per heavy atom. The van der Waals surface area contributed by atoms with E-state index in [0.29, 0.717) is 12.8 Å². The number of nitrogens with two attached hydrogens (primary N) is 1. The Kier molecular flexibility index (Phi) is 1.50. The van der Waals surface area contributed by atoms with Gasteiger partial charge >= 0.3 is 0 Å². The smallest absolute Gasteiger partial charge is 0.267 e. The average molecular weight is 151 g/mol. The van der Waals surface area contributed by atoms with Crippen LogP contribution in [0, 0.1) is 0 Å². The van der Waals surface area contributed by atoms with E-state index < -0.39 is 15.4 Å². The summed E-state index contributed by atoms with van der Waals surface area (Å²) in [6.45, 7) is 0. The highest BCUT2D eigenvalue weighted by Crippen LogP contribution is 2.23. The maximum Gasteiger partial charge on any atom is 0.267 e. The quantitative estimate of drug-likeness (QED) is 0.489. The molecule has 4 nitrogen and oxygen atoms in total. The van der Waals surface area contributed by atoms with Gasteiger partial charge in [0.2, 0.25) is 0 Å². The highest BCUT2D eigenvalue weighted by atomic mass is 32.2. The van der Waals surface area contributed by atoms with Crippen LogP contribution in [0.4, 0.5) is 0 Å². The molecular formula is C4H9NO3S. The van der Waals surface area contributed by atoms with Crippen LogP contribution in [-0.2, 0) is 10.1 Å². The van der Waals surface area contributed by atoms with Gasteiger partial charge in [0.15, 0.2) is 0 Å². The van der Waals surface area contributed by atoms with Crippen molar-refractivity contribution in [3.63, 3.8) is 0 Å². The third kappa shape index (κ3) is 1.41. The molecule has 0 bridgehead atoms. The van der Waals surface area contributed by atoms with E-state index in [2.05, 4.69) is 0 Å². The maximum absolute atomic E-state index is 10.3. The van der Waals surface area contributed by atoms with Gasteiger partial charge in [-0.1, -0.05) is 0 Å². The van der Waals surface area contributed by atoms with Gasteiger partial charge in [-0.3, -0.25) is 4.55 Å². The van der Waals surface area contributed by atoms with E-state index in [1.165, 1.54) is 0 Å². The van der Waals surface area contributed by atoms with Gasteiger partial charge in [0.25, 0.3) is 10.1 Å². The molecule has 1 fully saturated rings. The molecule has 1 aliphatic rings. The fourth-order valence-electron chi connectivity index (χ4n) is 0.850. The Bertz CT molecular complexity index is 192. The summed E-state index contributed by atoms with van der Waals surface area (Å²) in [6.07, 6.45) is 0.803. The molecule has 0 aliphatic heterocycles. The molecule has 54 valence electrons. The van der Waals surface area contributed by atoms with E-state index >= 15 is 0 Å². The van der Waals surface area contributed by atoms with Crippen LogP contribution < -0.4 is 5.73 Å². The molecule has 1 rings (SSSR count). The van der Waals surface area contributed by atoms with Crippen LogP contribution in [0.5, 0.6) is 0 Å². The summed E-state index contributed by atoms with van der Waals surface area (Å²) in [6, 6.07) is -0.0306. The Balaban J connectivity index is 2.51. The van der Waals surface area contributed by atoms with Crippen LogP contribution in [-0.4, -0.2) is 24.3 Å². The molecule has 0 amide bonds. The van der Waals surface area contributed by atoms with Crippen LogP contribution in [0.25, 0.3) is 0 Å². The van der Waals surface area contributed by atoms with Crippen molar-refractivity contribution < 1.29 is 13.0 Å². The Hall–Kier alpha value is -0.130. The second-order valence-corrected chi connectivity index (χ2v) is 4.07. The third-order valence-corrected chi connectivity index (χ3v) is 2.78. The zero-order valence-corrected chi connectivity index (χ0v) is 5.63. The highest BCUT2D eigenvalue weighted by Gasteiger charge is 2.35. The first-order chi connectivity index (χ1) is 4.00. The monoisotopic (exact) mass is 151 g/mol. The minimum Gasteiger partial charge on any atom is -0.328 e. The fraction of sp³-hybridized carbons (Fsp3) is 1.00. The van der Waals surface area contributed by atoms with Crippen LogP contribution in [0.1, 0.15) is 12.8 Å². The van der Waals surface area contributed by atoms with Crippen LogP contribution in [0.15, 0.2) is 0 Å². The van der Waals surface area contributed by atoms with E-state index in [4.69, 9.17) is 10.3 Å². The van der Waals surface area contributed by atoms with Gasteiger partial charge < -0.3 is 5.73 Å². The first-order valence-corrected chi connectivity index (χ1v) is 4.22. The van der Waals surface area contributed by atoms with Crippen molar-refractivity contribution >= 4 is 10.1 Å². The van der Waals surface area contributed by atoms with Gasteiger partial charge in [-0.2, -0.15) is 8.42 Å². The van der Waals surface area contributed by atoms with Crippen molar-refractivity contribution in [2.75, 3.05) is 0 Å². The van der Waals surface area contributed by atoms with Gasteiger partial charge in [0.05, 0.1) is 5.25 Å². The topological polar surface area (TPSA) is 80.4 Å². The summed E-state index contributed by atoms with van der Waals surface area (Å²) < 4.78 is 28.9. The van der Waals surface area contributed by atoms with Crippen LogP contribution >= 0.6 is 0 Å². The van der Waals surface area contributed by atoms with E-state index in [0.717, 1.165) is 0 Å². The molecule has 0 aromatic rings. The molecule has 0 radical (unpaired) electrons. The molecule has 0 aromatic carbocycles. The van der Waals surface area contributed by atoms with Gasteiger partial charge in [0, 0.05) is 6.04 Å². The van der Waals surface area contributed by atoms with Crippen LogP contribution in [0.2, 0.25) is 0 Å². The zero-order chi connectivity index (χ0) is 7.07. The van der Waals surface area contributed by atoms with E-state index in [9.17, 15) is 8.42 Å². The SMILES string of the molecule is NC1CC(S(=O)(=O)O)C1. The predicted octanol–water partition coefficient (Wildman–Crippen LogP) is -0.636. The van der Waals surface area contributed by atoms with E-state index in [1.54, 1.807) is 0 Å². The van der Waals surface area contributed by atoms with Crippen molar-refractivity contribution in [3.8, 4) is 0 Å². The summed E-state index contributed by atoms with van der Waals surface area (Å²) in [4.78, 5) is 0.